The molecule has 1 aliphatic rings. The summed E-state index contributed by atoms with van der Waals surface area (Å²) in [5.74, 6) is 0.208. The monoisotopic (exact) mass is 342 g/mol. The molecule has 0 fully saturated rings. The van der Waals surface area contributed by atoms with Crippen molar-refractivity contribution in [2.75, 3.05) is 13.7 Å². The summed E-state index contributed by atoms with van der Waals surface area (Å²) in [6.07, 6.45) is 4.35. The number of amides is 2. The van der Waals surface area contributed by atoms with Gasteiger partial charge in [0.05, 0.1) is 25.8 Å². The second-order valence-electron chi connectivity index (χ2n) is 6.09. The zero-order chi connectivity index (χ0) is 17.6. The van der Waals surface area contributed by atoms with Gasteiger partial charge >= 0.3 is 0 Å². The number of carbonyl (C=O) groups excluding carboxylic acids is 2. The highest BCUT2D eigenvalue weighted by Gasteiger charge is 2.27. The van der Waals surface area contributed by atoms with E-state index in [2.05, 4.69) is 20.8 Å². The Balaban J connectivity index is 1.45. The van der Waals surface area contributed by atoms with Crippen LogP contribution in [0.25, 0.3) is 0 Å². The van der Waals surface area contributed by atoms with Crippen LogP contribution in [0.3, 0.4) is 0 Å². The van der Waals surface area contributed by atoms with Crippen molar-refractivity contribution < 1.29 is 14.3 Å². The van der Waals surface area contributed by atoms with Crippen molar-refractivity contribution in [3.63, 3.8) is 0 Å². The van der Waals surface area contributed by atoms with E-state index >= 15 is 0 Å². The van der Waals surface area contributed by atoms with Crippen molar-refractivity contribution in [3.8, 4) is 5.75 Å². The molecule has 0 saturated carbocycles. The highest BCUT2D eigenvalue weighted by Crippen LogP contribution is 2.30. The second-order valence-corrected chi connectivity index (χ2v) is 6.09. The van der Waals surface area contributed by atoms with Gasteiger partial charge in [-0.3, -0.25) is 14.7 Å². The van der Waals surface area contributed by atoms with E-state index in [1.54, 1.807) is 13.3 Å². The maximum Gasteiger partial charge on any atom is 0.239 e. The molecule has 2 amide bonds. The molecule has 3 N–H and O–H groups in total. The average Bonchev–Trinajstić information content (AvgIpc) is 3.13. The lowest BCUT2D eigenvalue weighted by Crippen LogP contribution is -2.39. The molecule has 0 spiro atoms. The number of nitrogens with one attached hydrogen (secondary N) is 3. The minimum absolute atomic E-state index is 0.0291. The molecular formula is C18H22N4O3. The molecule has 0 radical (unpaired) electrons. The van der Waals surface area contributed by atoms with Crippen LogP contribution in [0.1, 0.15) is 35.6 Å². The summed E-state index contributed by atoms with van der Waals surface area (Å²) in [5, 5.41) is 12.5. The molecule has 2 aromatic rings. The van der Waals surface area contributed by atoms with Crippen molar-refractivity contribution in [2.45, 2.75) is 31.7 Å². The molecule has 0 unspecified atom stereocenters. The fourth-order valence-corrected chi connectivity index (χ4v) is 3.03. The fourth-order valence-electron chi connectivity index (χ4n) is 3.03. The van der Waals surface area contributed by atoms with Gasteiger partial charge in [-0.15, -0.1) is 0 Å². The molecule has 1 heterocycles. The van der Waals surface area contributed by atoms with Crippen LogP contribution >= 0.6 is 0 Å². The number of hydrogen-bond acceptors (Lipinski definition) is 4. The SMILES string of the molecule is COc1ccc(CNC(=O)CNC(=O)[C@@H]2CCCc3[nH]ncc32)cc1. The summed E-state index contributed by atoms with van der Waals surface area (Å²) >= 11 is 0. The molecule has 25 heavy (non-hydrogen) atoms. The number of aromatic amines is 1. The van der Waals surface area contributed by atoms with Gasteiger partial charge in [-0.2, -0.15) is 5.10 Å². The van der Waals surface area contributed by atoms with Crippen LogP contribution < -0.4 is 15.4 Å². The summed E-state index contributed by atoms with van der Waals surface area (Å²) in [7, 11) is 1.61. The Morgan fingerprint density at radius 2 is 2.08 bits per heavy atom. The summed E-state index contributed by atoms with van der Waals surface area (Å²) in [5.41, 5.74) is 2.94. The highest BCUT2D eigenvalue weighted by molar-refractivity contribution is 5.88. The quantitative estimate of drug-likeness (QED) is 0.737. The van der Waals surface area contributed by atoms with E-state index in [9.17, 15) is 9.59 Å². The van der Waals surface area contributed by atoms with Gasteiger partial charge in [0.25, 0.3) is 0 Å². The number of aromatic nitrogens is 2. The molecule has 7 heteroatoms. The van der Waals surface area contributed by atoms with E-state index < -0.39 is 0 Å². The van der Waals surface area contributed by atoms with E-state index in [0.717, 1.165) is 41.8 Å². The number of benzene rings is 1. The lowest BCUT2D eigenvalue weighted by molar-refractivity contribution is -0.127. The number of ether oxygens (including phenoxy) is 1. The van der Waals surface area contributed by atoms with E-state index in [0.29, 0.717) is 6.54 Å². The molecule has 0 saturated heterocycles. The van der Waals surface area contributed by atoms with Gasteiger partial charge in [0.2, 0.25) is 11.8 Å². The normalized spacial score (nSPS) is 16.0. The van der Waals surface area contributed by atoms with Crippen molar-refractivity contribution in [2.24, 2.45) is 0 Å². The van der Waals surface area contributed by atoms with Gasteiger partial charge < -0.3 is 15.4 Å². The summed E-state index contributed by atoms with van der Waals surface area (Å²) < 4.78 is 5.09. The molecule has 7 nitrogen and oxygen atoms in total. The first kappa shape index (κ1) is 17.0. The first-order valence-electron chi connectivity index (χ1n) is 8.37. The van der Waals surface area contributed by atoms with Gasteiger partial charge in [0.1, 0.15) is 5.75 Å². The summed E-state index contributed by atoms with van der Waals surface area (Å²) in [4.78, 5) is 24.3. The van der Waals surface area contributed by atoms with Gasteiger partial charge in [-0.05, 0) is 37.0 Å². The predicted molar refractivity (Wildman–Crippen MR) is 92.1 cm³/mol. The van der Waals surface area contributed by atoms with Gasteiger partial charge in [-0.25, -0.2) is 0 Å². The van der Waals surface area contributed by atoms with Crippen molar-refractivity contribution in [3.05, 3.63) is 47.3 Å². The fraction of sp³-hybridized carbons (Fsp3) is 0.389. The second kappa shape index (κ2) is 7.83. The Labute approximate surface area is 146 Å². The van der Waals surface area contributed by atoms with Crippen LogP contribution in [0, 0.1) is 0 Å². The van der Waals surface area contributed by atoms with Crippen LogP contribution in [0.2, 0.25) is 0 Å². The molecule has 1 aromatic carbocycles. The smallest absolute Gasteiger partial charge is 0.239 e. The van der Waals surface area contributed by atoms with Crippen LogP contribution in [0.5, 0.6) is 5.75 Å². The van der Waals surface area contributed by atoms with E-state index in [1.165, 1.54) is 0 Å². The average molecular weight is 342 g/mol. The number of nitrogens with zero attached hydrogens (tertiary/aromatic N) is 1. The number of aryl methyl sites for hydroxylation is 1. The van der Waals surface area contributed by atoms with E-state index in [-0.39, 0.29) is 24.3 Å². The van der Waals surface area contributed by atoms with E-state index in [4.69, 9.17) is 4.74 Å². The van der Waals surface area contributed by atoms with Crippen LogP contribution in [-0.2, 0) is 22.6 Å². The Hall–Kier alpha value is -2.83. The molecule has 1 atom stereocenters. The Bertz CT molecular complexity index is 739. The third-order valence-electron chi connectivity index (χ3n) is 4.43. The number of rotatable bonds is 6. The number of hydrogen-bond donors (Lipinski definition) is 3. The molecule has 1 aromatic heterocycles. The largest absolute Gasteiger partial charge is 0.497 e. The third-order valence-corrected chi connectivity index (χ3v) is 4.43. The Morgan fingerprint density at radius 3 is 2.84 bits per heavy atom. The summed E-state index contributed by atoms with van der Waals surface area (Å²) in [6.45, 7) is 0.382. The van der Waals surface area contributed by atoms with Gasteiger partial charge in [0, 0.05) is 17.8 Å². The maximum absolute atomic E-state index is 12.4. The first-order valence-corrected chi connectivity index (χ1v) is 8.37. The third kappa shape index (κ3) is 4.17. The molecule has 3 rings (SSSR count). The first-order chi connectivity index (χ1) is 12.2. The minimum atomic E-state index is -0.225. The van der Waals surface area contributed by atoms with Crippen molar-refractivity contribution in [1.82, 2.24) is 20.8 Å². The van der Waals surface area contributed by atoms with Crippen LogP contribution in [-0.4, -0.2) is 35.7 Å². The zero-order valence-electron chi connectivity index (χ0n) is 14.2. The van der Waals surface area contributed by atoms with Crippen molar-refractivity contribution >= 4 is 11.8 Å². The molecule has 1 aliphatic carbocycles. The predicted octanol–water partition coefficient (Wildman–Crippen LogP) is 1.27. The van der Waals surface area contributed by atoms with E-state index in [1.807, 2.05) is 24.3 Å². The van der Waals surface area contributed by atoms with Crippen LogP contribution in [0.15, 0.2) is 30.5 Å². The maximum atomic E-state index is 12.4. The minimum Gasteiger partial charge on any atom is -0.497 e. The number of H-pyrrole nitrogens is 1. The number of fused-ring (bicyclic) bond motifs is 1. The number of methoxy groups -OCH3 is 1. The summed E-state index contributed by atoms with van der Waals surface area (Å²) in [6, 6.07) is 7.46. The topological polar surface area (TPSA) is 96.1 Å². The zero-order valence-corrected chi connectivity index (χ0v) is 14.2. The van der Waals surface area contributed by atoms with Gasteiger partial charge in [0.15, 0.2) is 0 Å². The molecule has 0 bridgehead atoms. The Morgan fingerprint density at radius 1 is 1.28 bits per heavy atom. The van der Waals surface area contributed by atoms with Crippen molar-refractivity contribution in [1.29, 1.82) is 0 Å². The number of carbonyl (C=O) groups is 2. The molecule has 0 aliphatic heterocycles. The lowest BCUT2D eigenvalue weighted by atomic mass is 9.86. The van der Waals surface area contributed by atoms with Gasteiger partial charge in [-0.1, -0.05) is 12.1 Å². The standard InChI is InChI=1S/C18H22N4O3/c1-25-13-7-5-12(6-8-13)9-19-17(23)11-20-18(24)14-3-2-4-16-15(14)10-21-22-16/h5-8,10,14H,2-4,9,11H2,1H3,(H,19,23)(H,20,24)(H,21,22)/t14-/m1/s1. The lowest BCUT2D eigenvalue weighted by Gasteiger charge is -2.20. The molecule has 132 valence electrons. The Kier molecular flexibility index (Phi) is 5.33. The molecular weight excluding hydrogens is 320 g/mol. The highest BCUT2D eigenvalue weighted by atomic mass is 16.5. The van der Waals surface area contributed by atoms with Crippen LogP contribution in [0.4, 0.5) is 0 Å².